The van der Waals surface area contributed by atoms with Crippen molar-refractivity contribution in [1.82, 2.24) is 10.1 Å². The van der Waals surface area contributed by atoms with Gasteiger partial charge in [0.2, 0.25) is 11.6 Å². The molecule has 0 saturated heterocycles. The SMILES string of the molecule is O=C(COc1ccc(F)cc1Cl)c1ccc(-c2noc(C(F)(F)F)n2)cc1F. The van der Waals surface area contributed by atoms with Crippen molar-refractivity contribution in [3.63, 3.8) is 0 Å². The highest BCUT2D eigenvalue weighted by atomic mass is 35.5. The van der Waals surface area contributed by atoms with E-state index >= 15 is 0 Å². The molecule has 0 bridgehead atoms. The summed E-state index contributed by atoms with van der Waals surface area (Å²) in [5.74, 6) is -4.42. The van der Waals surface area contributed by atoms with Crippen LogP contribution in [0.1, 0.15) is 16.2 Å². The third-order valence-corrected chi connectivity index (χ3v) is 3.74. The van der Waals surface area contributed by atoms with Gasteiger partial charge in [-0.15, -0.1) is 0 Å². The monoisotopic (exact) mass is 418 g/mol. The van der Waals surface area contributed by atoms with E-state index in [0.717, 1.165) is 30.3 Å². The Hall–Kier alpha value is -3.01. The lowest BCUT2D eigenvalue weighted by Crippen LogP contribution is -2.13. The molecule has 0 unspecified atom stereocenters. The number of ether oxygens (including phenoxy) is 1. The first kappa shape index (κ1) is 19.7. The van der Waals surface area contributed by atoms with Crippen LogP contribution in [-0.4, -0.2) is 22.5 Å². The predicted octanol–water partition coefficient (Wildman–Crippen LogP) is 4.95. The third-order valence-electron chi connectivity index (χ3n) is 3.45. The van der Waals surface area contributed by atoms with Gasteiger partial charge in [0.25, 0.3) is 0 Å². The Kier molecular flexibility index (Phi) is 5.32. The average Bonchev–Trinajstić information content (AvgIpc) is 3.11. The van der Waals surface area contributed by atoms with Gasteiger partial charge in [-0.2, -0.15) is 18.2 Å². The van der Waals surface area contributed by atoms with Gasteiger partial charge in [0, 0.05) is 5.56 Å². The molecule has 146 valence electrons. The average molecular weight is 419 g/mol. The van der Waals surface area contributed by atoms with Crippen LogP contribution < -0.4 is 4.74 Å². The molecule has 0 aliphatic carbocycles. The van der Waals surface area contributed by atoms with Crippen molar-refractivity contribution in [3.8, 4) is 17.1 Å². The largest absolute Gasteiger partial charge is 0.484 e. The van der Waals surface area contributed by atoms with Crippen LogP contribution in [0, 0.1) is 11.6 Å². The molecule has 1 heterocycles. The minimum atomic E-state index is -4.83. The summed E-state index contributed by atoms with van der Waals surface area (Å²) in [6.07, 6.45) is -4.83. The molecule has 0 radical (unpaired) electrons. The number of rotatable bonds is 5. The van der Waals surface area contributed by atoms with Crippen molar-refractivity contribution in [1.29, 1.82) is 0 Å². The second-order valence-electron chi connectivity index (χ2n) is 5.40. The fraction of sp³-hybridized carbons (Fsp3) is 0.118. The maximum atomic E-state index is 14.2. The van der Waals surface area contributed by atoms with Gasteiger partial charge in [0.15, 0.2) is 6.61 Å². The highest BCUT2D eigenvalue weighted by Crippen LogP contribution is 2.30. The summed E-state index contributed by atoms with van der Waals surface area (Å²) in [5.41, 5.74) is -0.489. The molecule has 2 aromatic carbocycles. The molecule has 0 saturated carbocycles. The minimum Gasteiger partial charge on any atom is -0.484 e. The highest BCUT2D eigenvalue weighted by molar-refractivity contribution is 6.32. The minimum absolute atomic E-state index is 0.0277. The molecule has 1 aromatic heterocycles. The highest BCUT2D eigenvalue weighted by Gasteiger charge is 2.38. The van der Waals surface area contributed by atoms with E-state index in [9.17, 15) is 26.7 Å². The number of aromatic nitrogens is 2. The Morgan fingerprint density at radius 2 is 1.89 bits per heavy atom. The zero-order valence-electron chi connectivity index (χ0n) is 13.6. The van der Waals surface area contributed by atoms with E-state index in [1.807, 2.05) is 0 Å². The lowest BCUT2D eigenvalue weighted by molar-refractivity contribution is -0.159. The van der Waals surface area contributed by atoms with E-state index in [2.05, 4.69) is 14.7 Å². The van der Waals surface area contributed by atoms with Crippen molar-refractivity contribution in [3.05, 3.63) is 64.5 Å². The number of alkyl halides is 3. The Balaban J connectivity index is 1.74. The van der Waals surface area contributed by atoms with Crippen LogP contribution in [0.4, 0.5) is 22.0 Å². The molecular formula is C17H8ClF5N2O3. The van der Waals surface area contributed by atoms with Crippen molar-refractivity contribution in [2.75, 3.05) is 6.61 Å². The van der Waals surface area contributed by atoms with Crippen LogP contribution in [0.3, 0.4) is 0 Å². The molecule has 28 heavy (non-hydrogen) atoms. The summed E-state index contributed by atoms with van der Waals surface area (Å²) in [7, 11) is 0. The Labute approximate surface area is 158 Å². The normalized spacial score (nSPS) is 11.5. The number of hydrogen-bond donors (Lipinski definition) is 0. The van der Waals surface area contributed by atoms with Gasteiger partial charge >= 0.3 is 12.1 Å². The first-order valence-corrected chi connectivity index (χ1v) is 7.85. The van der Waals surface area contributed by atoms with Crippen LogP contribution in [0.2, 0.25) is 5.02 Å². The van der Waals surface area contributed by atoms with E-state index in [4.69, 9.17) is 16.3 Å². The van der Waals surface area contributed by atoms with Crippen LogP contribution in [-0.2, 0) is 6.18 Å². The second kappa shape index (κ2) is 7.55. The topological polar surface area (TPSA) is 65.2 Å². The standard InChI is InChI=1S/C17H8ClF5N2O3/c18-11-6-9(19)2-4-14(11)27-7-13(26)10-3-1-8(5-12(10)20)15-24-16(28-25-15)17(21,22)23/h1-6H,7H2. The smallest absolute Gasteiger partial charge is 0.471 e. The molecule has 0 aliphatic rings. The molecule has 5 nitrogen and oxygen atoms in total. The van der Waals surface area contributed by atoms with Gasteiger partial charge in [-0.3, -0.25) is 4.79 Å². The Morgan fingerprint density at radius 3 is 2.50 bits per heavy atom. The van der Waals surface area contributed by atoms with E-state index in [1.54, 1.807) is 0 Å². The number of nitrogens with zero attached hydrogens (tertiary/aromatic N) is 2. The van der Waals surface area contributed by atoms with Crippen molar-refractivity contribution < 1.29 is 36.0 Å². The first-order valence-electron chi connectivity index (χ1n) is 7.47. The van der Waals surface area contributed by atoms with Crippen molar-refractivity contribution >= 4 is 17.4 Å². The number of hydrogen-bond acceptors (Lipinski definition) is 5. The molecule has 3 rings (SSSR count). The summed E-state index contributed by atoms with van der Waals surface area (Å²) < 4.78 is 73.9. The van der Waals surface area contributed by atoms with Gasteiger partial charge in [-0.05, 0) is 30.3 Å². The molecule has 0 amide bonds. The van der Waals surface area contributed by atoms with Gasteiger partial charge in [-0.25, -0.2) is 8.78 Å². The number of carbonyl (C=O) groups is 1. The Bertz CT molecular complexity index is 1040. The molecule has 0 aliphatic heterocycles. The number of benzene rings is 2. The van der Waals surface area contributed by atoms with Crippen LogP contribution >= 0.6 is 11.6 Å². The van der Waals surface area contributed by atoms with Gasteiger partial charge in [0.1, 0.15) is 17.4 Å². The molecule has 0 atom stereocenters. The number of halogens is 6. The van der Waals surface area contributed by atoms with E-state index < -0.39 is 41.9 Å². The summed E-state index contributed by atoms with van der Waals surface area (Å²) >= 11 is 5.76. The quantitative estimate of drug-likeness (QED) is 0.433. The van der Waals surface area contributed by atoms with Crippen molar-refractivity contribution in [2.45, 2.75) is 6.18 Å². The number of ketones is 1. The lowest BCUT2D eigenvalue weighted by Gasteiger charge is -2.08. The zero-order chi connectivity index (χ0) is 20.5. The van der Waals surface area contributed by atoms with Crippen LogP contribution in [0.15, 0.2) is 40.9 Å². The molecule has 11 heteroatoms. The summed E-state index contributed by atoms with van der Waals surface area (Å²) in [5, 5.41) is 3.07. The fourth-order valence-corrected chi connectivity index (χ4v) is 2.37. The predicted molar refractivity (Wildman–Crippen MR) is 85.9 cm³/mol. The summed E-state index contributed by atoms with van der Waals surface area (Å²) in [6.45, 7) is -0.595. The zero-order valence-corrected chi connectivity index (χ0v) is 14.3. The van der Waals surface area contributed by atoms with Crippen LogP contribution in [0.25, 0.3) is 11.4 Å². The molecule has 0 fully saturated rings. The molecule has 0 spiro atoms. The van der Waals surface area contributed by atoms with E-state index in [0.29, 0.717) is 0 Å². The summed E-state index contributed by atoms with van der Waals surface area (Å²) in [4.78, 5) is 15.3. The molecule has 3 aromatic rings. The van der Waals surface area contributed by atoms with Gasteiger partial charge in [0.05, 0.1) is 10.6 Å². The van der Waals surface area contributed by atoms with Crippen molar-refractivity contribution in [2.24, 2.45) is 0 Å². The van der Waals surface area contributed by atoms with E-state index in [-0.39, 0.29) is 21.9 Å². The number of Topliss-reactive ketones (excluding diaryl/α,β-unsaturated/α-hetero) is 1. The number of carbonyl (C=O) groups excluding carboxylic acids is 1. The van der Waals surface area contributed by atoms with Gasteiger partial charge < -0.3 is 9.26 Å². The molecule has 0 N–H and O–H groups in total. The summed E-state index contributed by atoms with van der Waals surface area (Å²) in [6, 6.07) is 6.26. The van der Waals surface area contributed by atoms with E-state index in [1.165, 1.54) is 6.07 Å². The fourth-order valence-electron chi connectivity index (χ4n) is 2.15. The lowest BCUT2D eigenvalue weighted by atomic mass is 10.1. The second-order valence-corrected chi connectivity index (χ2v) is 5.81. The molecular weight excluding hydrogens is 411 g/mol. The van der Waals surface area contributed by atoms with Crippen LogP contribution in [0.5, 0.6) is 5.75 Å². The maximum Gasteiger partial charge on any atom is 0.471 e. The Morgan fingerprint density at radius 1 is 1.14 bits per heavy atom. The third kappa shape index (κ3) is 4.28. The maximum absolute atomic E-state index is 14.2. The first-order chi connectivity index (χ1) is 13.1. The van der Waals surface area contributed by atoms with Gasteiger partial charge in [-0.1, -0.05) is 22.8 Å².